The molecule has 1 N–H and O–H groups in total. The molecule has 0 saturated heterocycles. The van der Waals surface area contributed by atoms with Gasteiger partial charge in [0.1, 0.15) is 11.5 Å². The van der Waals surface area contributed by atoms with E-state index in [4.69, 9.17) is 9.47 Å². The van der Waals surface area contributed by atoms with Crippen LogP contribution < -0.4 is 14.8 Å². The number of amides is 1. The van der Waals surface area contributed by atoms with Gasteiger partial charge >= 0.3 is 0 Å². The van der Waals surface area contributed by atoms with Crippen LogP contribution in [0.25, 0.3) is 16.8 Å². The molecule has 2 heterocycles. The van der Waals surface area contributed by atoms with Gasteiger partial charge in [-0.3, -0.25) is 4.79 Å². The maximum atomic E-state index is 13.0. The van der Waals surface area contributed by atoms with E-state index in [1.165, 1.54) is 0 Å². The van der Waals surface area contributed by atoms with Crippen molar-refractivity contribution < 1.29 is 14.3 Å². The quantitative estimate of drug-likeness (QED) is 0.515. The topological polar surface area (TPSA) is 77.8 Å². The third kappa shape index (κ3) is 3.82. The summed E-state index contributed by atoms with van der Waals surface area (Å²) in [5, 5.41) is 7.55. The summed E-state index contributed by atoms with van der Waals surface area (Å²) in [6, 6.07) is 13.4. The van der Waals surface area contributed by atoms with Gasteiger partial charge in [0.15, 0.2) is 5.65 Å². The standard InChI is InChI=1S/C24H24N4O3/c1-14-7-6-8-17(9-14)22-15(2)27-28-16(3)21(13-25-23(22)28)24(29)26-18-10-19(30-4)12-20(11-18)31-5/h6-13H,1-5H3,(H,26,29). The average molecular weight is 416 g/mol. The average Bonchev–Trinajstić information content (AvgIpc) is 3.10. The number of hydrogen-bond donors (Lipinski definition) is 1. The molecule has 0 spiro atoms. The van der Waals surface area contributed by atoms with Gasteiger partial charge in [-0.15, -0.1) is 0 Å². The van der Waals surface area contributed by atoms with Crippen molar-refractivity contribution in [2.75, 3.05) is 19.5 Å². The number of methoxy groups -OCH3 is 2. The number of carbonyl (C=O) groups is 1. The van der Waals surface area contributed by atoms with Crippen LogP contribution in [0.1, 0.15) is 27.3 Å². The minimum Gasteiger partial charge on any atom is -0.497 e. The Balaban J connectivity index is 1.73. The lowest BCUT2D eigenvalue weighted by molar-refractivity contribution is 0.102. The first-order chi connectivity index (χ1) is 14.9. The Kier molecular flexibility index (Phi) is 5.33. The highest BCUT2D eigenvalue weighted by Gasteiger charge is 2.19. The number of carbonyl (C=O) groups excluding carboxylic acids is 1. The van der Waals surface area contributed by atoms with Crippen LogP contribution in [-0.4, -0.2) is 34.7 Å². The molecule has 0 atom stereocenters. The van der Waals surface area contributed by atoms with Crippen molar-refractivity contribution in [3.8, 4) is 22.6 Å². The minimum absolute atomic E-state index is 0.285. The van der Waals surface area contributed by atoms with E-state index in [1.54, 1.807) is 43.1 Å². The third-order valence-electron chi connectivity index (χ3n) is 5.22. The summed E-state index contributed by atoms with van der Waals surface area (Å²) in [4.78, 5) is 17.6. The first-order valence-corrected chi connectivity index (χ1v) is 9.87. The fraction of sp³-hybridized carbons (Fsp3) is 0.208. The fourth-order valence-electron chi connectivity index (χ4n) is 3.64. The normalized spacial score (nSPS) is 10.9. The molecule has 0 bridgehead atoms. The van der Waals surface area contributed by atoms with Gasteiger partial charge in [0, 0.05) is 35.6 Å². The Morgan fingerprint density at radius 2 is 1.71 bits per heavy atom. The second-order valence-corrected chi connectivity index (χ2v) is 7.38. The SMILES string of the molecule is COc1cc(NC(=O)c2cnc3c(-c4cccc(C)c4)c(C)nn3c2C)cc(OC)c1. The van der Waals surface area contributed by atoms with Crippen molar-refractivity contribution >= 4 is 17.2 Å². The van der Waals surface area contributed by atoms with E-state index in [0.29, 0.717) is 28.4 Å². The molecule has 0 radical (unpaired) electrons. The second-order valence-electron chi connectivity index (χ2n) is 7.38. The number of fused-ring (bicyclic) bond motifs is 1. The summed E-state index contributed by atoms with van der Waals surface area (Å²) in [7, 11) is 3.13. The number of aromatic nitrogens is 3. The molecule has 0 aliphatic heterocycles. The highest BCUT2D eigenvalue weighted by Crippen LogP contribution is 2.30. The van der Waals surface area contributed by atoms with Gasteiger partial charge in [-0.2, -0.15) is 5.10 Å². The summed E-state index contributed by atoms with van der Waals surface area (Å²) in [6.07, 6.45) is 1.60. The zero-order valence-electron chi connectivity index (χ0n) is 18.2. The molecule has 7 nitrogen and oxygen atoms in total. The summed E-state index contributed by atoms with van der Waals surface area (Å²) in [5.74, 6) is 0.892. The Morgan fingerprint density at radius 3 is 2.35 bits per heavy atom. The van der Waals surface area contributed by atoms with Gasteiger partial charge in [-0.1, -0.05) is 29.8 Å². The Bertz CT molecular complexity index is 1270. The van der Waals surface area contributed by atoms with Crippen LogP contribution in [0.3, 0.4) is 0 Å². The monoisotopic (exact) mass is 416 g/mol. The van der Waals surface area contributed by atoms with E-state index in [0.717, 1.165) is 28.0 Å². The third-order valence-corrected chi connectivity index (χ3v) is 5.22. The Morgan fingerprint density at radius 1 is 1.00 bits per heavy atom. The van der Waals surface area contributed by atoms with Gasteiger partial charge in [0.2, 0.25) is 0 Å². The summed E-state index contributed by atoms with van der Waals surface area (Å²) in [5.41, 5.74) is 6.48. The number of anilines is 1. The molecule has 4 rings (SSSR count). The number of rotatable bonds is 5. The fourth-order valence-corrected chi connectivity index (χ4v) is 3.64. The molecule has 0 fully saturated rings. The molecule has 7 heteroatoms. The molecule has 2 aromatic heterocycles. The maximum absolute atomic E-state index is 13.0. The molecule has 4 aromatic rings. The zero-order chi connectivity index (χ0) is 22.1. The molecule has 0 unspecified atom stereocenters. The Hall–Kier alpha value is -3.87. The predicted molar refractivity (Wildman–Crippen MR) is 120 cm³/mol. The van der Waals surface area contributed by atoms with Crippen molar-refractivity contribution in [1.29, 1.82) is 0 Å². The molecule has 1 amide bonds. The van der Waals surface area contributed by atoms with Crippen LogP contribution in [-0.2, 0) is 0 Å². The number of hydrogen-bond acceptors (Lipinski definition) is 5. The summed E-state index contributed by atoms with van der Waals surface area (Å²) >= 11 is 0. The molecular weight excluding hydrogens is 392 g/mol. The van der Waals surface area contributed by atoms with Crippen LogP contribution in [0.2, 0.25) is 0 Å². The molecule has 0 saturated carbocycles. The van der Waals surface area contributed by atoms with Gasteiger partial charge in [-0.05, 0) is 26.3 Å². The predicted octanol–water partition coefficient (Wildman–Crippen LogP) is 4.59. The van der Waals surface area contributed by atoms with E-state index in [1.807, 2.05) is 26.0 Å². The molecule has 0 aliphatic rings. The smallest absolute Gasteiger partial charge is 0.259 e. The van der Waals surface area contributed by atoms with Crippen molar-refractivity contribution in [2.24, 2.45) is 0 Å². The lowest BCUT2D eigenvalue weighted by atomic mass is 10.0. The van der Waals surface area contributed by atoms with Crippen LogP contribution >= 0.6 is 0 Å². The van der Waals surface area contributed by atoms with Crippen LogP contribution in [0.4, 0.5) is 5.69 Å². The first kappa shape index (κ1) is 20.4. The number of ether oxygens (including phenoxy) is 2. The maximum Gasteiger partial charge on any atom is 0.259 e. The van der Waals surface area contributed by atoms with Crippen molar-refractivity contribution in [3.63, 3.8) is 0 Å². The van der Waals surface area contributed by atoms with Crippen LogP contribution in [0.5, 0.6) is 11.5 Å². The van der Waals surface area contributed by atoms with E-state index < -0.39 is 0 Å². The largest absolute Gasteiger partial charge is 0.497 e. The highest BCUT2D eigenvalue weighted by atomic mass is 16.5. The number of nitrogens with one attached hydrogen (secondary N) is 1. The molecule has 158 valence electrons. The van der Waals surface area contributed by atoms with Gasteiger partial charge in [-0.25, -0.2) is 9.50 Å². The van der Waals surface area contributed by atoms with Crippen molar-refractivity contribution in [2.45, 2.75) is 20.8 Å². The molecule has 0 aliphatic carbocycles. The van der Waals surface area contributed by atoms with Gasteiger partial charge in [0.25, 0.3) is 5.91 Å². The number of nitrogens with zero attached hydrogens (tertiary/aromatic N) is 3. The molecule has 31 heavy (non-hydrogen) atoms. The minimum atomic E-state index is -0.285. The van der Waals surface area contributed by atoms with E-state index in [9.17, 15) is 4.79 Å². The van der Waals surface area contributed by atoms with Crippen LogP contribution in [0, 0.1) is 20.8 Å². The second kappa shape index (κ2) is 8.10. The van der Waals surface area contributed by atoms with E-state index in [-0.39, 0.29) is 5.91 Å². The van der Waals surface area contributed by atoms with E-state index >= 15 is 0 Å². The van der Waals surface area contributed by atoms with Gasteiger partial charge in [0.05, 0.1) is 31.2 Å². The summed E-state index contributed by atoms with van der Waals surface area (Å²) < 4.78 is 12.3. The number of benzene rings is 2. The summed E-state index contributed by atoms with van der Waals surface area (Å²) in [6.45, 7) is 5.87. The Labute approximate surface area is 180 Å². The van der Waals surface area contributed by atoms with Crippen molar-refractivity contribution in [1.82, 2.24) is 14.6 Å². The number of aryl methyl sites for hydroxylation is 3. The van der Waals surface area contributed by atoms with Crippen LogP contribution in [0.15, 0.2) is 48.7 Å². The highest BCUT2D eigenvalue weighted by molar-refractivity contribution is 6.05. The first-order valence-electron chi connectivity index (χ1n) is 9.87. The lowest BCUT2D eigenvalue weighted by Crippen LogP contribution is -2.16. The zero-order valence-corrected chi connectivity index (χ0v) is 18.2. The lowest BCUT2D eigenvalue weighted by Gasteiger charge is -2.11. The van der Waals surface area contributed by atoms with E-state index in [2.05, 4.69) is 34.5 Å². The molecule has 2 aromatic carbocycles. The molecular formula is C24H24N4O3. The van der Waals surface area contributed by atoms with Crippen molar-refractivity contribution in [3.05, 3.63) is 71.2 Å². The van der Waals surface area contributed by atoms with Gasteiger partial charge < -0.3 is 14.8 Å².